The standard InChI is InChI=1S/C10H17O4P/c1-3-5-9(13)14-10(4-2,7-15)6-8(11)12/h3,5H,4,6-7,15H2,1-2H3,(H,11,12). The first-order valence-electron chi connectivity index (χ1n) is 4.77. The average Bonchev–Trinajstić information content (AvgIpc) is 2.16. The van der Waals surface area contributed by atoms with E-state index in [1.165, 1.54) is 6.08 Å². The van der Waals surface area contributed by atoms with Crippen LogP contribution in [0.2, 0.25) is 0 Å². The summed E-state index contributed by atoms with van der Waals surface area (Å²) in [6.07, 6.45) is 3.57. The average molecular weight is 232 g/mol. The van der Waals surface area contributed by atoms with Crippen molar-refractivity contribution < 1.29 is 19.4 Å². The summed E-state index contributed by atoms with van der Waals surface area (Å²) in [5, 5.41) is 8.74. The van der Waals surface area contributed by atoms with Gasteiger partial charge in [0.1, 0.15) is 5.60 Å². The maximum atomic E-state index is 11.2. The van der Waals surface area contributed by atoms with E-state index >= 15 is 0 Å². The molecule has 2 atom stereocenters. The molecular weight excluding hydrogens is 215 g/mol. The first-order valence-corrected chi connectivity index (χ1v) is 5.59. The third-order valence-corrected chi connectivity index (χ3v) is 2.85. The van der Waals surface area contributed by atoms with Crippen molar-refractivity contribution >= 4 is 21.2 Å². The summed E-state index contributed by atoms with van der Waals surface area (Å²) in [5.74, 6) is -1.46. The van der Waals surface area contributed by atoms with Crippen LogP contribution in [0.25, 0.3) is 0 Å². The van der Waals surface area contributed by atoms with E-state index in [9.17, 15) is 9.59 Å². The molecule has 1 N–H and O–H groups in total. The highest BCUT2D eigenvalue weighted by Crippen LogP contribution is 2.24. The van der Waals surface area contributed by atoms with Crippen molar-refractivity contribution in [2.45, 2.75) is 32.3 Å². The summed E-state index contributed by atoms with van der Waals surface area (Å²) in [6, 6.07) is 0. The van der Waals surface area contributed by atoms with Crippen LogP contribution in [0, 0.1) is 0 Å². The van der Waals surface area contributed by atoms with Gasteiger partial charge in [0.15, 0.2) is 0 Å². The molecule has 0 saturated carbocycles. The number of allylic oxidation sites excluding steroid dienone is 1. The molecule has 4 nitrogen and oxygen atoms in total. The van der Waals surface area contributed by atoms with Gasteiger partial charge in [0.05, 0.1) is 6.42 Å². The second-order valence-corrected chi connectivity index (χ2v) is 3.64. The number of rotatable bonds is 6. The predicted molar refractivity (Wildman–Crippen MR) is 60.8 cm³/mol. The Morgan fingerprint density at radius 3 is 2.47 bits per heavy atom. The predicted octanol–water partition coefficient (Wildman–Crippen LogP) is 1.60. The molecule has 0 fully saturated rings. The Bertz CT molecular complexity index is 256. The van der Waals surface area contributed by atoms with Crippen LogP contribution in [0.5, 0.6) is 0 Å². The zero-order chi connectivity index (χ0) is 11.9. The van der Waals surface area contributed by atoms with Crippen LogP contribution in [0.3, 0.4) is 0 Å². The Balaban J connectivity index is 4.62. The van der Waals surface area contributed by atoms with Crippen LogP contribution < -0.4 is 0 Å². The van der Waals surface area contributed by atoms with Gasteiger partial charge in [-0.05, 0) is 13.3 Å². The fraction of sp³-hybridized carbons (Fsp3) is 0.600. The zero-order valence-corrected chi connectivity index (χ0v) is 10.2. The number of carboxylic acid groups (broad SMARTS) is 1. The van der Waals surface area contributed by atoms with Crippen molar-refractivity contribution in [3.63, 3.8) is 0 Å². The lowest BCUT2D eigenvalue weighted by Gasteiger charge is -2.29. The van der Waals surface area contributed by atoms with Gasteiger partial charge in [-0.1, -0.05) is 13.0 Å². The Labute approximate surface area is 91.9 Å². The molecule has 0 aromatic rings. The summed E-state index contributed by atoms with van der Waals surface area (Å²) >= 11 is 0. The molecular formula is C10H17O4P. The van der Waals surface area contributed by atoms with Gasteiger partial charge in [0.2, 0.25) is 0 Å². The fourth-order valence-electron chi connectivity index (χ4n) is 1.15. The van der Waals surface area contributed by atoms with Crippen LogP contribution in [0.4, 0.5) is 0 Å². The highest BCUT2D eigenvalue weighted by Gasteiger charge is 2.32. The van der Waals surface area contributed by atoms with Gasteiger partial charge in [-0.15, -0.1) is 9.24 Å². The van der Waals surface area contributed by atoms with Gasteiger partial charge in [0, 0.05) is 12.2 Å². The number of aliphatic carboxylic acids is 1. The highest BCUT2D eigenvalue weighted by molar-refractivity contribution is 7.16. The van der Waals surface area contributed by atoms with Crippen molar-refractivity contribution in [2.24, 2.45) is 0 Å². The van der Waals surface area contributed by atoms with Crippen LogP contribution in [0.15, 0.2) is 12.2 Å². The topological polar surface area (TPSA) is 63.6 Å². The van der Waals surface area contributed by atoms with Crippen molar-refractivity contribution in [1.82, 2.24) is 0 Å². The first kappa shape index (κ1) is 14.1. The Kier molecular flexibility index (Phi) is 6.18. The number of esters is 1. The molecule has 5 heteroatoms. The lowest BCUT2D eigenvalue weighted by molar-refractivity contribution is -0.157. The van der Waals surface area contributed by atoms with Crippen molar-refractivity contribution in [2.75, 3.05) is 6.16 Å². The minimum atomic E-state index is -0.965. The Hall–Kier alpha value is -0.890. The lowest BCUT2D eigenvalue weighted by Crippen LogP contribution is -2.38. The molecule has 0 aliphatic carbocycles. The van der Waals surface area contributed by atoms with Gasteiger partial charge >= 0.3 is 11.9 Å². The molecule has 0 bridgehead atoms. The Morgan fingerprint density at radius 2 is 2.13 bits per heavy atom. The number of hydrogen-bond acceptors (Lipinski definition) is 3. The van der Waals surface area contributed by atoms with E-state index in [1.807, 2.05) is 0 Å². The molecule has 0 spiro atoms. The van der Waals surface area contributed by atoms with E-state index in [4.69, 9.17) is 9.84 Å². The van der Waals surface area contributed by atoms with Gasteiger partial charge in [0.25, 0.3) is 0 Å². The molecule has 15 heavy (non-hydrogen) atoms. The summed E-state index contributed by atoms with van der Waals surface area (Å²) in [7, 11) is 2.42. The molecule has 0 radical (unpaired) electrons. The summed E-state index contributed by atoms with van der Waals surface area (Å²) in [4.78, 5) is 21.9. The third-order valence-electron chi connectivity index (χ3n) is 2.11. The smallest absolute Gasteiger partial charge is 0.330 e. The molecule has 0 aliphatic rings. The number of carboxylic acids is 1. The fourth-order valence-corrected chi connectivity index (χ4v) is 1.67. The molecule has 0 aliphatic heterocycles. The minimum Gasteiger partial charge on any atom is -0.481 e. The molecule has 0 rings (SSSR count). The molecule has 0 amide bonds. The molecule has 0 saturated heterocycles. The van der Waals surface area contributed by atoms with Crippen LogP contribution in [0.1, 0.15) is 26.7 Å². The van der Waals surface area contributed by atoms with Crippen LogP contribution >= 0.6 is 9.24 Å². The molecule has 86 valence electrons. The quantitative estimate of drug-likeness (QED) is 0.429. The second-order valence-electron chi connectivity index (χ2n) is 3.23. The molecule has 2 unspecified atom stereocenters. The monoisotopic (exact) mass is 232 g/mol. The largest absolute Gasteiger partial charge is 0.481 e. The van der Waals surface area contributed by atoms with Crippen molar-refractivity contribution in [3.8, 4) is 0 Å². The van der Waals surface area contributed by atoms with E-state index < -0.39 is 17.5 Å². The Morgan fingerprint density at radius 1 is 1.53 bits per heavy atom. The van der Waals surface area contributed by atoms with Gasteiger partial charge < -0.3 is 9.84 Å². The van der Waals surface area contributed by atoms with E-state index in [2.05, 4.69) is 9.24 Å². The van der Waals surface area contributed by atoms with Crippen molar-refractivity contribution in [3.05, 3.63) is 12.2 Å². The van der Waals surface area contributed by atoms with E-state index in [0.717, 1.165) is 0 Å². The first-order chi connectivity index (χ1) is 6.99. The number of ether oxygens (including phenoxy) is 1. The maximum Gasteiger partial charge on any atom is 0.330 e. The highest BCUT2D eigenvalue weighted by atomic mass is 31.0. The van der Waals surface area contributed by atoms with Gasteiger partial charge in [-0.25, -0.2) is 4.79 Å². The van der Waals surface area contributed by atoms with E-state index in [0.29, 0.717) is 12.6 Å². The summed E-state index contributed by atoms with van der Waals surface area (Å²) in [5.41, 5.74) is -0.910. The number of carbonyl (C=O) groups excluding carboxylic acids is 1. The third kappa shape index (κ3) is 4.93. The zero-order valence-electron chi connectivity index (χ0n) is 9.03. The minimum absolute atomic E-state index is 0.170. The van der Waals surface area contributed by atoms with Crippen LogP contribution in [-0.4, -0.2) is 28.8 Å². The SMILES string of the molecule is CC=CC(=O)OC(CC)(CP)CC(=O)O. The number of hydrogen-bond donors (Lipinski definition) is 1. The molecule has 0 aromatic carbocycles. The second kappa shape index (κ2) is 6.57. The summed E-state index contributed by atoms with van der Waals surface area (Å²) in [6.45, 7) is 3.50. The lowest BCUT2D eigenvalue weighted by atomic mass is 9.98. The van der Waals surface area contributed by atoms with E-state index in [-0.39, 0.29) is 6.42 Å². The molecule has 0 heterocycles. The summed E-state index contributed by atoms with van der Waals surface area (Å²) < 4.78 is 5.16. The number of carbonyl (C=O) groups is 2. The van der Waals surface area contributed by atoms with Gasteiger partial charge in [-0.2, -0.15) is 0 Å². The van der Waals surface area contributed by atoms with Gasteiger partial charge in [-0.3, -0.25) is 4.79 Å². The van der Waals surface area contributed by atoms with Crippen molar-refractivity contribution in [1.29, 1.82) is 0 Å². The maximum absolute atomic E-state index is 11.2. The normalized spacial score (nSPS) is 14.9. The van der Waals surface area contributed by atoms with Crippen LogP contribution in [-0.2, 0) is 14.3 Å². The molecule has 0 aromatic heterocycles. The van der Waals surface area contributed by atoms with E-state index in [1.54, 1.807) is 19.9 Å².